The van der Waals surface area contributed by atoms with Crippen LogP contribution in [0, 0.1) is 12.7 Å². The Morgan fingerprint density at radius 1 is 1.10 bits per heavy atom. The second-order valence-electron chi connectivity index (χ2n) is 4.13. The Hall–Kier alpha value is -2.18. The van der Waals surface area contributed by atoms with Gasteiger partial charge in [-0.2, -0.15) is 13.2 Å². The molecule has 106 valence electrons. The van der Waals surface area contributed by atoms with E-state index in [1.54, 1.807) is 14.0 Å². The normalized spacial score (nSPS) is 11.5. The molecule has 1 aromatic heterocycles. The maximum absolute atomic E-state index is 13.5. The van der Waals surface area contributed by atoms with Crippen LogP contribution in [0.1, 0.15) is 11.4 Å². The largest absolute Gasteiger partial charge is 0.419 e. The number of rotatable bonds is 2. The van der Waals surface area contributed by atoms with Gasteiger partial charge in [0.05, 0.1) is 11.3 Å². The van der Waals surface area contributed by atoms with Crippen molar-refractivity contribution >= 4 is 5.82 Å². The second-order valence-corrected chi connectivity index (χ2v) is 4.13. The number of nitrogens with one attached hydrogen (secondary N) is 1. The van der Waals surface area contributed by atoms with Gasteiger partial charge in [-0.05, 0) is 19.1 Å². The number of aromatic nitrogens is 2. The summed E-state index contributed by atoms with van der Waals surface area (Å²) in [5.74, 6) is -0.378. The average molecular weight is 285 g/mol. The van der Waals surface area contributed by atoms with Gasteiger partial charge < -0.3 is 5.32 Å². The summed E-state index contributed by atoms with van der Waals surface area (Å²) in [6.07, 6.45) is -4.71. The lowest BCUT2D eigenvalue weighted by Crippen LogP contribution is -2.08. The van der Waals surface area contributed by atoms with Crippen molar-refractivity contribution in [3.8, 4) is 11.3 Å². The summed E-state index contributed by atoms with van der Waals surface area (Å²) in [6, 6.07) is 4.26. The molecule has 0 spiro atoms. The average Bonchev–Trinajstić information content (AvgIpc) is 2.36. The molecule has 0 aliphatic carbocycles. The highest BCUT2D eigenvalue weighted by molar-refractivity contribution is 5.63. The number of hydrogen-bond donors (Lipinski definition) is 1. The molecule has 3 nitrogen and oxygen atoms in total. The quantitative estimate of drug-likeness (QED) is 0.856. The SMILES string of the molecule is CNc1cc(-c2ccc(C(F)(F)F)c(F)c2)nc(C)n1. The van der Waals surface area contributed by atoms with E-state index in [0.717, 1.165) is 6.07 Å². The number of halogens is 4. The minimum atomic E-state index is -4.71. The van der Waals surface area contributed by atoms with Crippen LogP contribution in [0.25, 0.3) is 11.3 Å². The molecular weight excluding hydrogens is 274 g/mol. The fraction of sp³-hybridized carbons (Fsp3) is 0.231. The second kappa shape index (κ2) is 5.07. The topological polar surface area (TPSA) is 37.8 Å². The van der Waals surface area contributed by atoms with Crippen LogP contribution in [-0.2, 0) is 6.18 Å². The number of nitrogens with zero attached hydrogens (tertiary/aromatic N) is 2. The molecule has 0 bridgehead atoms. The number of aryl methyl sites for hydroxylation is 1. The van der Waals surface area contributed by atoms with Crippen molar-refractivity contribution in [3.63, 3.8) is 0 Å². The minimum Gasteiger partial charge on any atom is -0.373 e. The highest BCUT2D eigenvalue weighted by atomic mass is 19.4. The number of hydrogen-bond acceptors (Lipinski definition) is 3. The van der Waals surface area contributed by atoms with Crippen LogP contribution in [-0.4, -0.2) is 17.0 Å². The summed E-state index contributed by atoms with van der Waals surface area (Å²) in [7, 11) is 1.65. The number of alkyl halides is 3. The maximum Gasteiger partial charge on any atom is 0.419 e. The van der Waals surface area contributed by atoms with Crippen molar-refractivity contribution in [1.29, 1.82) is 0 Å². The lowest BCUT2D eigenvalue weighted by molar-refractivity contribution is -0.139. The summed E-state index contributed by atoms with van der Waals surface area (Å²) < 4.78 is 51.0. The molecule has 0 saturated heterocycles. The Morgan fingerprint density at radius 3 is 2.35 bits per heavy atom. The maximum atomic E-state index is 13.5. The lowest BCUT2D eigenvalue weighted by Gasteiger charge is -2.10. The third-order valence-corrected chi connectivity index (χ3v) is 2.66. The van der Waals surface area contributed by atoms with E-state index < -0.39 is 17.6 Å². The van der Waals surface area contributed by atoms with E-state index in [4.69, 9.17) is 0 Å². The summed E-state index contributed by atoms with van der Waals surface area (Å²) in [4.78, 5) is 8.15. The van der Waals surface area contributed by atoms with Gasteiger partial charge in [-0.25, -0.2) is 14.4 Å². The van der Waals surface area contributed by atoms with E-state index >= 15 is 0 Å². The first-order valence-corrected chi connectivity index (χ1v) is 5.72. The highest BCUT2D eigenvalue weighted by Crippen LogP contribution is 2.33. The first kappa shape index (κ1) is 14.2. The molecule has 1 heterocycles. The zero-order valence-electron chi connectivity index (χ0n) is 10.7. The van der Waals surface area contributed by atoms with Crippen molar-refractivity contribution in [3.05, 3.63) is 41.5 Å². The Bertz CT molecular complexity index is 638. The zero-order chi connectivity index (χ0) is 14.9. The van der Waals surface area contributed by atoms with Crippen molar-refractivity contribution in [2.45, 2.75) is 13.1 Å². The van der Waals surface area contributed by atoms with Gasteiger partial charge in [-0.1, -0.05) is 6.07 Å². The first-order valence-electron chi connectivity index (χ1n) is 5.72. The fourth-order valence-electron chi connectivity index (χ4n) is 1.75. The molecule has 7 heteroatoms. The molecule has 0 amide bonds. The molecule has 0 fully saturated rings. The van der Waals surface area contributed by atoms with Crippen molar-refractivity contribution in [1.82, 2.24) is 9.97 Å². The molecule has 1 aromatic carbocycles. The van der Waals surface area contributed by atoms with Crippen molar-refractivity contribution in [2.24, 2.45) is 0 Å². The van der Waals surface area contributed by atoms with Gasteiger partial charge in [0.15, 0.2) is 0 Å². The van der Waals surface area contributed by atoms with Crippen LogP contribution in [0.3, 0.4) is 0 Å². The molecule has 0 unspecified atom stereocenters. The molecule has 0 aliphatic heterocycles. The van der Waals surface area contributed by atoms with E-state index in [2.05, 4.69) is 15.3 Å². The van der Waals surface area contributed by atoms with E-state index in [1.807, 2.05) is 0 Å². The van der Waals surface area contributed by atoms with Crippen LogP contribution in [0.15, 0.2) is 24.3 Å². The molecule has 2 aromatic rings. The van der Waals surface area contributed by atoms with E-state index in [1.165, 1.54) is 12.1 Å². The summed E-state index contributed by atoms with van der Waals surface area (Å²) >= 11 is 0. The van der Waals surface area contributed by atoms with Crippen LogP contribution < -0.4 is 5.32 Å². The number of benzene rings is 1. The third-order valence-electron chi connectivity index (χ3n) is 2.66. The van der Waals surface area contributed by atoms with Crippen molar-refractivity contribution < 1.29 is 17.6 Å². The zero-order valence-corrected chi connectivity index (χ0v) is 10.7. The van der Waals surface area contributed by atoms with Gasteiger partial charge in [0.1, 0.15) is 17.5 Å². The molecule has 0 radical (unpaired) electrons. The van der Waals surface area contributed by atoms with Gasteiger partial charge in [0.2, 0.25) is 0 Å². The fourth-order valence-corrected chi connectivity index (χ4v) is 1.75. The Morgan fingerprint density at radius 2 is 1.80 bits per heavy atom. The van der Waals surface area contributed by atoms with Gasteiger partial charge in [0, 0.05) is 18.7 Å². The van der Waals surface area contributed by atoms with Gasteiger partial charge in [-0.15, -0.1) is 0 Å². The van der Waals surface area contributed by atoms with Gasteiger partial charge in [0.25, 0.3) is 0 Å². The van der Waals surface area contributed by atoms with E-state index in [9.17, 15) is 17.6 Å². The molecule has 0 atom stereocenters. The summed E-state index contributed by atoms with van der Waals surface area (Å²) in [5, 5.41) is 2.80. The molecule has 2 rings (SSSR count). The Labute approximate surface area is 112 Å². The molecule has 0 aliphatic rings. The van der Waals surface area contributed by atoms with Gasteiger partial charge in [-0.3, -0.25) is 0 Å². The predicted molar refractivity (Wildman–Crippen MR) is 66.7 cm³/mol. The molecule has 1 N–H and O–H groups in total. The standard InChI is InChI=1S/C13H11F4N3/c1-7-19-11(6-12(18-2)20-7)8-3-4-9(10(14)5-8)13(15,16)17/h3-6H,1-2H3,(H,18,19,20). The van der Waals surface area contributed by atoms with Crippen molar-refractivity contribution in [2.75, 3.05) is 12.4 Å². The van der Waals surface area contributed by atoms with Crippen LogP contribution >= 0.6 is 0 Å². The summed E-state index contributed by atoms with van der Waals surface area (Å²) in [6.45, 7) is 1.64. The minimum absolute atomic E-state index is 0.262. The Kier molecular flexibility index (Phi) is 3.61. The highest BCUT2D eigenvalue weighted by Gasteiger charge is 2.34. The number of anilines is 1. The third kappa shape index (κ3) is 2.87. The monoisotopic (exact) mass is 285 g/mol. The van der Waals surface area contributed by atoms with E-state index in [-0.39, 0.29) is 5.56 Å². The van der Waals surface area contributed by atoms with Crippen LogP contribution in [0.4, 0.5) is 23.4 Å². The lowest BCUT2D eigenvalue weighted by atomic mass is 10.1. The van der Waals surface area contributed by atoms with E-state index in [0.29, 0.717) is 23.4 Å². The first-order chi connectivity index (χ1) is 9.31. The predicted octanol–water partition coefficient (Wildman–Crippen LogP) is 3.65. The molecular formula is C13H11F4N3. The Balaban J connectivity index is 2.49. The summed E-state index contributed by atoms with van der Waals surface area (Å²) in [5.41, 5.74) is -0.673. The molecule has 0 saturated carbocycles. The van der Waals surface area contributed by atoms with Crippen LogP contribution in [0.5, 0.6) is 0 Å². The van der Waals surface area contributed by atoms with Gasteiger partial charge >= 0.3 is 6.18 Å². The molecule has 20 heavy (non-hydrogen) atoms. The smallest absolute Gasteiger partial charge is 0.373 e. The van der Waals surface area contributed by atoms with Crippen LogP contribution in [0.2, 0.25) is 0 Å².